The summed E-state index contributed by atoms with van der Waals surface area (Å²) in [6, 6.07) is 12.0. The number of nitrogens with one attached hydrogen (secondary N) is 1. The van der Waals surface area contributed by atoms with Crippen LogP contribution in [-0.2, 0) is 11.8 Å². The fourth-order valence-electron chi connectivity index (χ4n) is 3.56. The number of ether oxygens (including phenoxy) is 3. The van der Waals surface area contributed by atoms with Crippen molar-refractivity contribution >= 4 is 24.3 Å². The lowest BCUT2D eigenvalue weighted by Crippen LogP contribution is -2.38. The lowest BCUT2D eigenvalue weighted by Gasteiger charge is -2.26. The van der Waals surface area contributed by atoms with E-state index in [9.17, 15) is 0 Å². The van der Waals surface area contributed by atoms with Crippen molar-refractivity contribution in [2.75, 3.05) is 46.6 Å². The molecule has 0 saturated carbocycles. The van der Waals surface area contributed by atoms with Gasteiger partial charge in [0.2, 0.25) is 0 Å². The molecule has 1 saturated heterocycles. The van der Waals surface area contributed by atoms with E-state index in [0.29, 0.717) is 6.61 Å². The van der Waals surface area contributed by atoms with Crippen molar-refractivity contribution in [2.45, 2.75) is 0 Å². The molecule has 0 bridgehead atoms. The van der Waals surface area contributed by atoms with Crippen LogP contribution in [0.3, 0.4) is 0 Å². The van der Waals surface area contributed by atoms with E-state index in [1.165, 1.54) is 0 Å². The van der Waals surface area contributed by atoms with Crippen LogP contribution in [0.4, 0.5) is 0 Å². The highest BCUT2D eigenvalue weighted by Crippen LogP contribution is 2.26. The van der Waals surface area contributed by atoms with Crippen LogP contribution < -0.4 is 9.47 Å². The van der Waals surface area contributed by atoms with Gasteiger partial charge in [0.05, 0.1) is 31.7 Å². The standard InChI is InChI=1S/C25H30N4O3/c1-28-11-3-4-23(28)9-8-22-18-21(26-27-22)7-5-20-6-10-24(19-25(20)30-2)32-17-14-29-12-15-31-16-13-29/h3-11,18-19H,12-17H2,1-2H3,(H,26,27)/b7-5?,9-8+. The normalized spacial score (nSPS) is 15.1. The van der Waals surface area contributed by atoms with Crippen LogP contribution in [0.5, 0.6) is 11.5 Å². The van der Waals surface area contributed by atoms with Crippen molar-refractivity contribution in [3.05, 3.63) is 65.2 Å². The number of hydrogen-bond donors (Lipinski definition) is 1. The number of methoxy groups -OCH3 is 1. The Morgan fingerprint density at radius 1 is 1.09 bits per heavy atom. The summed E-state index contributed by atoms with van der Waals surface area (Å²) in [5.74, 6) is 1.57. The average Bonchev–Trinajstić information content (AvgIpc) is 3.45. The highest BCUT2D eigenvalue weighted by molar-refractivity contribution is 5.73. The Morgan fingerprint density at radius 2 is 1.97 bits per heavy atom. The Morgan fingerprint density at radius 3 is 2.75 bits per heavy atom. The summed E-state index contributed by atoms with van der Waals surface area (Å²) in [7, 11) is 3.69. The Bertz CT molecular complexity index is 1060. The SMILES string of the molecule is COc1cc(OCCN2CCOCC2)ccc1C=Cc1cc(/C=C/c2cccn2C)[nH]n1. The van der Waals surface area contributed by atoms with E-state index < -0.39 is 0 Å². The van der Waals surface area contributed by atoms with E-state index in [2.05, 4.69) is 31.8 Å². The van der Waals surface area contributed by atoms with E-state index >= 15 is 0 Å². The molecule has 7 nitrogen and oxygen atoms in total. The van der Waals surface area contributed by atoms with E-state index in [1.54, 1.807) is 7.11 Å². The molecule has 0 aliphatic carbocycles. The number of nitrogens with zero attached hydrogens (tertiary/aromatic N) is 3. The predicted octanol–water partition coefficient (Wildman–Crippen LogP) is 3.81. The maximum atomic E-state index is 5.93. The van der Waals surface area contributed by atoms with Gasteiger partial charge >= 0.3 is 0 Å². The quantitative estimate of drug-likeness (QED) is 0.555. The molecule has 3 aromatic rings. The lowest BCUT2D eigenvalue weighted by molar-refractivity contribution is 0.0322. The molecule has 4 rings (SSSR count). The van der Waals surface area contributed by atoms with Crippen molar-refractivity contribution in [3.63, 3.8) is 0 Å². The minimum absolute atomic E-state index is 0.644. The van der Waals surface area contributed by atoms with Crippen molar-refractivity contribution in [1.82, 2.24) is 19.7 Å². The van der Waals surface area contributed by atoms with Crippen molar-refractivity contribution in [2.24, 2.45) is 7.05 Å². The first-order valence-corrected chi connectivity index (χ1v) is 10.8. The number of morpholine rings is 1. The number of rotatable bonds is 9. The molecule has 7 heteroatoms. The minimum Gasteiger partial charge on any atom is -0.496 e. The van der Waals surface area contributed by atoms with Gasteiger partial charge in [0.25, 0.3) is 0 Å². The van der Waals surface area contributed by atoms with Crippen molar-refractivity contribution in [3.8, 4) is 11.5 Å². The van der Waals surface area contributed by atoms with E-state index in [-0.39, 0.29) is 0 Å². The summed E-state index contributed by atoms with van der Waals surface area (Å²) in [4.78, 5) is 2.35. The zero-order valence-corrected chi connectivity index (χ0v) is 18.7. The molecule has 0 radical (unpaired) electrons. The molecule has 1 aliphatic rings. The van der Waals surface area contributed by atoms with Crippen LogP contribution in [0, 0.1) is 0 Å². The summed E-state index contributed by atoms with van der Waals surface area (Å²) in [5, 5.41) is 7.41. The summed E-state index contributed by atoms with van der Waals surface area (Å²) in [6.07, 6.45) is 10.1. The zero-order valence-electron chi connectivity index (χ0n) is 18.7. The van der Waals surface area contributed by atoms with Gasteiger partial charge in [0, 0.05) is 50.2 Å². The van der Waals surface area contributed by atoms with Crippen LogP contribution in [0.15, 0.2) is 42.6 Å². The fraction of sp³-hybridized carbons (Fsp3) is 0.320. The Hall–Kier alpha value is -3.29. The van der Waals surface area contributed by atoms with Gasteiger partial charge in [0.1, 0.15) is 18.1 Å². The van der Waals surface area contributed by atoms with Gasteiger partial charge < -0.3 is 18.8 Å². The largest absolute Gasteiger partial charge is 0.496 e. The molecule has 0 spiro atoms. The highest BCUT2D eigenvalue weighted by Gasteiger charge is 2.10. The van der Waals surface area contributed by atoms with Gasteiger partial charge in [-0.25, -0.2) is 0 Å². The van der Waals surface area contributed by atoms with Crippen LogP contribution >= 0.6 is 0 Å². The molecule has 2 aromatic heterocycles. The third-order valence-corrected chi connectivity index (χ3v) is 5.45. The van der Waals surface area contributed by atoms with Crippen molar-refractivity contribution in [1.29, 1.82) is 0 Å². The number of benzene rings is 1. The molecule has 1 aliphatic heterocycles. The molecule has 1 aromatic carbocycles. The van der Waals surface area contributed by atoms with Gasteiger partial charge in [-0.1, -0.05) is 0 Å². The first-order valence-electron chi connectivity index (χ1n) is 10.8. The molecule has 0 atom stereocenters. The molecule has 3 heterocycles. The molecule has 0 amide bonds. The summed E-state index contributed by atoms with van der Waals surface area (Å²) >= 11 is 0. The number of aromatic nitrogens is 3. The Balaban J connectivity index is 1.34. The zero-order chi connectivity index (χ0) is 22.2. The second-order valence-electron chi connectivity index (χ2n) is 7.67. The highest BCUT2D eigenvalue weighted by atomic mass is 16.5. The van der Waals surface area contributed by atoms with Gasteiger partial charge in [-0.05, 0) is 54.6 Å². The maximum Gasteiger partial charge on any atom is 0.129 e. The van der Waals surface area contributed by atoms with Crippen LogP contribution in [0.25, 0.3) is 24.3 Å². The second-order valence-corrected chi connectivity index (χ2v) is 7.67. The summed E-state index contributed by atoms with van der Waals surface area (Å²) in [6.45, 7) is 5.07. The number of aromatic amines is 1. The number of hydrogen-bond acceptors (Lipinski definition) is 5. The lowest BCUT2D eigenvalue weighted by atomic mass is 10.1. The van der Waals surface area contributed by atoms with E-state index in [0.717, 1.165) is 67.0 Å². The van der Waals surface area contributed by atoms with E-state index in [1.807, 2.05) is 61.8 Å². The Labute approximate surface area is 188 Å². The molecule has 1 fully saturated rings. The first-order chi connectivity index (χ1) is 15.7. The molecule has 32 heavy (non-hydrogen) atoms. The smallest absolute Gasteiger partial charge is 0.129 e. The van der Waals surface area contributed by atoms with Crippen LogP contribution in [0.2, 0.25) is 0 Å². The number of H-pyrrole nitrogens is 1. The molecule has 1 N–H and O–H groups in total. The van der Waals surface area contributed by atoms with Crippen LogP contribution in [-0.4, -0.2) is 66.2 Å². The Kier molecular flexibility index (Phi) is 7.42. The minimum atomic E-state index is 0.644. The molecular weight excluding hydrogens is 404 g/mol. The monoisotopic (exact) mass is 434 g/mol. The van der Waals surface area contributed by atoms with E-state index in [4.69, 9.17) is 14.2 Å². The second kappa shape index (κ2) is 10.8. The summed E-state index contributed by atoms with van der Waals surface area (Å²) in [5.41, 5.74) is 3.90. The third kappa shape index (κ3) is 5.90. The van der Waals surface area contributed by atoms with Gasteiger partial charge in [-0.2, -0.15) is 5.10 Å². The predicted molar refractivity (Wildman–Crippen MR) is 128 cm³/mol. The van der Waals surface area contributed by atoms with Gasteiger partial charge in [-0.3, -0.25) is 10.00 Å². The van der Waals surface area contributed by atoms with Gasteiger partial charge in [0.15, 0.2) is 0 Å². The topological polar surface area (TPSA) is 64.5 Å². The number of aryl methyl sites for hydroxylation is 1. The maximum absolute atomic E-state index is 5.93. The van der Waals surface area contributed by atoms with Crippen molar-refractivity contribution < 1.29 is 14.2 Å². The molecule has 0 unspecified atom stereocenters. The molecule has 168 valence electrons. The average molecular weight is 435 g/mol. The third-order valence-electron chi connectivity index (χ3n) is 5.45. The fourth-order valence-corrected chi connectivity index (χ4v) is 3.56. The van der Waals surface area contributed by atoms with Gasteiger partial charge in [-0.15, -0.1) is 0 Å². The molecular formula is C25H30N4O3. The van der Waals surface area contributed by atoms with Crippen LogP contribution in [0.1, 0.15) is 22.6 Å². The first kappa shape index (κ1) is 21.9. The summed E-state index contributed by atoms with van der Waals surface area (Å²) < 4.78 is 18.9.